The summed E-state index contributed by atoms with van der Waals surface area (Å²) in [4.78, 5) is 21.9. The number of nitrogens with zero attached hydrogens (tertiary/aromatic N) is 4. The number of likely N-dealkylation sites (tertiary alicyclic amines) is 1. The van der Waals surface area contributed by atoms with Crippen LogP contribution in [-0.2, 0) is 6.54 Å². The van der Waals surface area contributed by atoms with E-state index in [-0.39, 0.29) is 17.4 Å². The van der Waals surface area contributed by atoms with Crippen molar-refractivity contribution in [3.63, 3.8) is 0 Å². The average molecular weight is 330 g/mol. The molecule has 0 amide bonds. The third-order valence-corrected chi connectivity index (χ3v) is 4.27. The molecule has 2 aromatic heterocycles. The Kier molecular flexibility index (Phi) is 4.89. The van der Waals surface area contributed by atoms with E-state index in [0.717, 1.165) is 37.3 Å². The van der Waals surface area contributed by atoms with Crippen LogP contribution >= 0.6 is 0 Å². The fourth-order valence-electron chi connectivity index (χ4n) is 3.01. The Morgan fingerprint density at radius 3 is 3.00 bits per heavy atom. The molecule has 1 atom stereocenters. The number of carboxylic acid groups (broad SMARTS) is 1. The summed E-state index contributed by atoms with van der Waals surface area (Å²) >= 11 is 0. The van der Waals surface area contributed by atoms with Gasteiger partial charge < -0.3 is 9.63 Å². The molecule has 7 nitrogen and oxygen atoms in total. The molecule has 128 valence electrons. The standard InChI is InChI=1S/C17H22N4O3/c1-11(2)16-19-15(20-24-16)13-4-3-5-21(10-13)9-12-6-14(17(22)23)8-18-7-12/h6-8,11,13H,3-5,9-10H2,1-2H3,(H,22,23). The van der Waals surface area contributed by atoms with Crippen LogP contribution in [0.25, 0.3) is 0 Å². The van der Waals surface area contributed by atoms with Crippen molar-refractivity contribution in [2.45, 2.75) is 45.1 Å². The molecule has 0 saturated carbocycles. The molecule has 1 fully saturated rings. The van der Waals surface area contributed by atoms with E-state index in [9.17, 15) is 4.79 Å². The van der Waals surface area contributed by atoms with Crippen LogP contribution in [0.15, 0.2) is 23.0 Å². The highest BCUT2D eigenvalue weighted by Gasteiger charge is 2.26. The molecule has 3 heterocycles. The summed E-state index contributed by atoms with van der Waals surface area (Å²) in [5.74, 6) is 0.997. The molecule has 0 aromatic carbocycles. The molecule has 2 aromatic rings. The Labute approximate surface area is 140 Å². The highest BCUT2D eigenvalue weighted by atomic mass is 16.5. The van der Waals surface area contributed by atoms with E-state index in [1.807, 2.05) is 13.8 Å². The van der Waals surface area contributed by atoms with Crippen LogP contribution in [0.5, 0.6) is 0 Å². The van der Waals surface area contributed by atoms with Gasteiger partial charge in [0.1, 0.15) is 0 Å². The monoisotopic (exact) mass is 330 g/mol. The first-order chi connectivity index (χ1) is 11.5. The minimum atomic E-state index is -0.950. The van der Waals surface area contributed by atoms with Gasteiger partial charge in [-0.2, -0.15) is 4.98 Å². The van der Waals surface area contributed by atoms with E-state index in [1.54, 1.807) is 12.3 Å². The number of hydrogen-bond donors (Lipinski definition) is 1. The maximum absolute atomic E-state index is 11.1. The topological polar surface area (TPSA) is 92.4 Å². The van der Waals surface area contributed by atoms with Crippen molar-refractivity contribution in [3.8, 4) is 0 Å². The van der Waals surface area contributed by atoms with E-state index in [2.05, 4.69) is 20.0 Å². The van der Waals surface area contributed by atoms with Crippen LogP contribution in [0, 0.1) is 0 Å². The number of pyridine rings is 1. The van der Waals surface area contributed by atoms with Gasteiger partial charge in [0.05, 0.1) is 5.56 Å². The maximum atomic E-state index is 11.1. The molecule has 7 heteroatoms. The normalized spacial score (nSPS) is 18.9. The summed E-state index contributed by atoms with van der Waals surface area (Å²) in [5.41, 5.74) is 1.13. The fraction of sp³-hybridized carbons (Fsp3) is 0.529. The van der Waals surface area contributed by atoms with Crippen LogP contribution in [-0.4, -0.2) is 44.2 Å². The zero-order chi connectivity index (χ0) is 17.1. The van der Waals surface area contributed by atoms with E-state index in [0.29, 0.717) is 12.4 Å². The smallest absolute Gasteiger partial charge is 0.337 e. The van der Waals surface area contributed by atoms with Crippen molar-refractivity contribution in [2.75, 3.05) is 13.1 Å². The molecule has 3 rings (SSSR count). The molecule has 1 N–H and O–H groups in total. The molecule has 1 aliphatic heterocycles. The van der Waals surface area contributed by atoms with E-state index >= 15 is 0 Å². The van der Waals surface area contributed by atoms with Crippen LogP contribution in [0.4, 0.5) is 0 Å². The van der Waals surface area contributed by atoms with Crippen molar-refractivity contribution in [2.24, 2.45) is 0 Å². The molecule has 24 heavy (non-hydrogen) atoms. The quantitative estimate of drug-likeness (QED) is 0.901. The third kappa shape index (κ3) is 3.79. The van der Waals surface area contributed by atoms with Crippen molar-refractivity contribution >= 4 is 5.97 Å². The second-order valence-corrected chi connectivity index (χ2v) is 6.61. The third-order valence-electron chi connectivity index (χ3n) is 4.27. The summed E-state index contributed by atoms with van der Waals surface area (Å²) in [6.45, 7) is 6.57. The minimum absolute atomic E-state index is 0.223. The molecule has 0 bridgehead atoms. The summed E-state index contributed by atoms with van der Waals surface area (Å²) in [7, 11) is 0. The zero-order valence-corrected chi connectivity index (χ0v) is 14.0. The van der Waals surface area contributed by atoms with Gasteiger partial charge >= 0.3 is 5.97 Å². The lowest BCUT2D eigenvalue weighted by atomic mass is 9.97. The number of aromatic nitrogens is 3. The van der Waals surface area contributed by atoms with E-state index in [1.165, 1.54) is 6.20 Å². The van der Waals surface area contributed by atoms with Crippen molar-refractivity contribution in [1.82, 2.24) is 20.0 Å². The first-order valence-electron chi connectivity index (χ1n) is 8.26. The SMILES string of the molecule is CC(C)c1nc(C2CCCN(Cc3cncc(C(=O)O)c3)C2)no1. The second-order valence-electron chi connectivity index (χ2n) is 6.61. The molecular formula is C17H22N4O3. The summed E-state index contributed by atoms with van der Waals surface area (Å²) < 4.78 is 5.32. The van der Waals surface area contributed by atoms with Gasteiger partial charge in [-0.1, -0.05) is 19.0 Å². The Morgan fingerprint density at radius 2 is 2.29 bits per heavy atom. The van der Waals surface area contributed by atoms with Gasteiger partial charge in [-0.25, -0.2) is 4.79 Å². The number of aromatic carboxylic acids is 1. The molecule has 0 radical (unpaired) electrons. The van der Waals surface area contributed by atoms with Gasteiger partial charge in [-0.3, -0.25) is 9.88 Å². The molecule has 1 saturated heterocycles. The Bertz CT molecular complexity index is 713. The number of rotatable bonds is 5. The zero-order valence-electron chi connectivity index (χ0n) is 14.0. The number of hydrogen-bond acceptors (Lipinski definition) is 6. The predicted molar refractivity (Wildman–Crippen MR) is 86.8 cm³/mol. The second kappa shape index (κ2) is 7.09. The Balaban J connectivity index is 1.67. The van der Waals surface area contributed by atoms with Crippen molar-refractivity contribution < 1.29 is 14.4 Å². The largest absolute Gasteiger partial charge is 0.478 e. The molecule has 0 spiro atoms. The van der Waals surface area contributed by atoms with E-state index in [4.69, 9.17) is 9.63 Å². The Morgan fingerprint density at radius 1 is 1.46 bits per heavy atom. The van der Waals surface area contributed by atoms with Gasteiger partial charge in [-0.05, 0) is 31.0 Å². The highest BCUT2D eigenvalue weighted by molar-refractivity contribution is 5.87. The van der Waals surface area contributed by atoms with E-state index < -0.39 is 5.97 Å². The number of carboxylic acids is 1. The van der Waals surface area contributed by atoms with Crippen molar-refractivity contribution in [3.05, 3.63) is 41.3 Å². The van der Waals surface area contributed by atoms with Crippen LogP contribution < -0.4 is 0 Å². The summed E-state index contributed by atoms with van der Waals surface area (Å²) in [6, 6.07) is 1.68. The molecule has 1 unspecified atom stereocenters. The van der Waals surface area contributed by atoms with Gasteiger partial charge in [0.2, 0.25) is 5.89 Å². The Hall–Kier alpha value is -2.28. The van der Waals surface area contributed by atoms with Gasteiger partial charge in [-0.15, -0.1) is 0 Å². The number of carbonyl (C=O) groups is 1. The van der Waals surface area contributed by atoms with Gasteiger partial charge in [0.25, 0.3) is 0 Å². The molecule has 1 aliphatic rings. The summed E-state index contributed by atoms with van der Waals surface area (Å²) in [6.07, 6.45) is 5.20. The minimum Gasteiger partial charge on any atom is -0.478 e. The van der Waals surface area contributed by atoms with Crippen LogP contribution in [0.3, 0.4) is 0 Å². The lowest BCUT2D eigenvalue weighted by Gasteiger charge is -2.31. The molecular weight excluding hydrogens is 308 g/mol. The maximum Gasteiger partial charge on any atom is 0.337 e. The highest BCUT2D eigenvalue weighted by Crippen LogP contribution is 2.27. The van der Waals surface area contributed by atoms with Gasteiger partial charge in [0.15, 0.2) is 5.82 Å². The lowest BCUT2D eigenvalue weighted by molar-refractivity contribution is 0.0696. The first kappa shape index (κ1) is 16.6. The van der Waals surface area contributed by atoms with Gasteiger partial charge in [0, 0.05) is 37.3 Å². The summed E-state index contributed by atoms with van der Waals surface area (Å²) in [5, 5.41) is 13.2. The predicted octanol–water partition coefficient (Wildman–Crippen LogP) is 2.67. The fourth-order valence-corrected chi connectivity index (χ4v) is 3.01. The average Bonchev–Trinajstić information content (AvgIpc) is 3.06. The van der Waals surface area contributed by atoms with Crippen LogP contribution in [0.2, 0.25) is 0 Å². The van der Waals surface area contributed by atoms with Crippen LogP contribution in [0.1, 0.15) is 66.2 Å². The number of piperidine rings is 1. The molecule has 0 aliphatic carbocycles. The van der Waals surface area contributed by atoms with Crippen molar-refractivity contribution in [1.29, 1.82) is 0 Å². The first-order valence-corrected chi connectivity index (χ1v) is 8.26. The lowest BCUT2D eigenvalue weighted by Crippen LogP contribution is -2.34.